The first-order chi connectivity index (χ1) is 9.25. The molecule has 6 heteroatoms. The fourth-order valence-electron chi connectivity index (χ4n) is 1.48. The van der Waals surface area contributed by atoms with Gasteiger partial charge < -0.3 is 15.3 Å². The summed E-state index contributed by atoms with van der Waals surface area (Å²) < 4.78 is 12.7. The first-order valence-corrected chi connectivity index (χ1v) is 6.24. The van der Waals surface area contributed by atoms with E-state index in [-0.39, 0.29) is 5.82 Å². The van der Waals surface area contributed by atoms with Gasteiger partial charge in [0.25, 0.3) is 0 Å². The molecule has 110 valence electrons. The van der Waals surface area contributed by atoms with Crippen molar-refractivity contribution >= 4 is 12.0 Å². The van der Waals surface area contributed by atoms with Crippen LogP contribution in [0.3, 0.4) is 0 Å². The lowest BCUT2D eigenvalue weighted by Gasteiger charge is -2.31. The molecule has 0 saturated carbocycles. The molecule has 0 unspecified atom stereocenters. The summed E-state index contributed by atoms with van der Waals surface area (Å²) in [7, 11) is 1.43. The summed E-state index contributed by atoms with van der Waals surface area (Å²) in [5, 5.41) is 11.7. The van der Waals surface area contributed by atoms with Gasteiger partial charge in [-0.25, -0.2) is 14.0 Å². The number of amides is 2. The number of benzene rings is 1. The van der Waals surface area contributed by atoms with Gasteiger partial charge in [-0.05, 0) is 38.0 Å². The molecule has 1 aromatic rings. The highest BCUT2D eigenvalue weighted by molar-refractivity contribution is 5.85. The fraction of sp³-hybridized carbons (Fsp3) is 0.429. The second-order valence-electron chi connectivity index (χ2n) is 5.03. The van der Waals surface area contributed by atoms with Crippen molar-refractivity contribution in [3.05, 3.63) is 35.6 Å². The van der Waals surface area contributed by atoms with Gasteiger partial charge in [-0.1, -0.05) is 12.1 Å². The Kier molecular flexibility index (Phi) is 5.07. The number of urea groups is 1. The Labute approximate surface area is 117 Å². The minimum Gasteiger partial charge on any atom is -0.480 e. The summed E-state index contributed by atoms with van der Waals surface area (Å²) in [6, 6.07) is 5.55. The van der Waals surface area contributed by atoms with Crippen molar-refractivity contribution in [2.45, 2.75) is 25.8 Å². The molecule has 0 heterocycles. The van der Waals surface area contributed by atoms with E-state index in [9.17, 15) is 14.0 Å². The number of rotatable bonds is 5. The van der Waals surface area contributed by atoms with Crippen molar-refractivity contribution < 1.29 is 19.1 Å². The Morgan fingerprint density at radius 2 is 1.85 bits per heavy atom. The maximum atomic E-state index is 12.7. The van der Waals surface area contributed by atoms with E-state index in [1.165, 1.54) is 33.0 Å². The molecule has 0 aliphatic carbocycles. The number of carboxylic acid groups (broad SMARTS) is 1. The zero-order chi connectivity index (χ0) is 15.3. The smallest absolute Gasteiger partial charge is 0.329 e. The predicted molar refractivity (Wildman–Crippen MR) is 73.0 cm³/mol. The lowest BCUT2D eigenvalue weighted by Crippen LogP contribution is -2.54. The summed E-state index contributed by atoms with van der Waals surface area (Å²) in [6.07, 6.45) is 0.549. The monoisotopic (exact) mass is 282 g/mol. The Morgan fingerprint density at radius 3 is 2.35 bits per heavy atom. The maximum Gasteiger partial charge on any atom is 0.329 e. The molecule has 0 fully saturated rings. The van der Waals surface area contributed by atoms with E-state index >= 15 is 0 Å². The second-order valence-corrected chi connectivity index (χ2v) is 5.03. The first-order valence-electron chi connectivity index (χ1n) is 6.24. The molecule has 2 N–H and O–H groups in total. The summed E-state index contributed by atoms with van der Waals surface area (Å²) in [5.74, 6) is -1.38. The van der Waals surface area contributed by atoms with Crippen molar-refractivity contribution in [3.8, 4) is 0 Å². The van der Waals surface area contributed by atoms with Crippen LogP contribution in [0, 0.1) is 5.82 Å². The van der Waals surface area contributed by atoms with Gasteiger partial charge in [-0.2, -0.15) is 0 Å². The average molecular weight is 282 g/mol. The molecule has 5 nitrogen and oxygen atoms in total. The van der Waals surface area contributed by atoms with Crippen LogP contribution in [0.15, 0.2) is 24.3 Å². The first kappa shape index (κ1) is 15.9. The minimum absolute atomic E-state index is 0.305. The van der Waals surface area contributed by atoms with Crippen molar-refractivity contribution in [1.82, 2.24) is 10.2 Å². The van der Waals surface area contributed by atoms with Crippen LogP contribution in [0.1, 0.15) is 19.4 Å². The van der Waals surface area contributed by atoms with Crippen molar-refractivity contribution in [2.75, 3.05) is 13.6 Å². The minimum atomic E-state index is -1.28. The Bertz CT molecular complexity index is 486. The van der Waals surface area contributed by atoms with E-state index in [0.29, 0.717) is 13.0 Å². The molecule has 1 rings (SSSR count). The van der Waals surface area contributed by atoms with Crippen LogP contribution in [-0.2, 0) is 11.2 Å². The van der Waals surface area contributed by atoms with Crippen molar-refractivity contribution in [2.24, 2.45) is 0 Å². The standard InChI is InChI=1S/C14H19FN2O3/c1-14(2,12(18)19)17(3)13(20)16-9-8-10-4-6-11(15)7-5-10/h4-7H,8-9H2,1-3H3,(H,16,20)(H,18,19). The molecule has 0 spiro atoms. The van der Waals surface area contributed by atoms with E-state index in [4.69, 9.17) is 5.11 Å². The van der Waals surface area contributed by atoms with Gasteiger partial charge in [0, 0.05) is 13.6 Å². The van der Waals surface area contributed by atoms with E-state index < -0.39 is 17.5 Å². The van der Waals surface area contributed by atoms with Crippen LogP contribution in [0.25, 0.3) is 0 Å². The summed E-state index contributed by atoms with van der Waals surface area (Å²) in [4.78, 5) is 24.0. The molecule has 0 aromatic heterocycles. The SMILES string of the molecule is CN(C(=O)NCCc1ccc(F)cc1)C(C)(C)C(=O)O. The van der Waals surface area contributed by atoms with Crippen molar-refractivity contribution in [1.29, 1.82) is 0 Å². The number of carboxylic acids is 1. The van der Waals surface area contributed by atoms with E-state index in [1.54, 1.807) is 12.1 Å². The fourth-order valence-corrected chi connectivity index (χ4v) is 1.48. The third-order valence-electron chi connectivity index (χ3n) is 3.27. The van der Waals surface area contributed by atoms with Crippen LogP contribution in [0.5, 0.6) is 0 Å². The van der Waals surface area contributed by atoms with Gasteiger partial charge in [0.2, 0.25) is 0 Å². The number of carbonyl (C=O) groups excluding carboxylic acids is 1. The lowest BCUT2D eigenvalue weighted by atomic mass is 10.1. The number of likely N-dealkylation sites (N-methyl/N-ethyl adjacent to an activating group) is 1. The van der Waals surface area contributed by atoms with Crippen LogP contribution >= 0.6 is 0 Å². The lowest BCUT2D eigenvalue weighted by molar-refractivity contribution is -0.146. The van der Waals surface area contributed by atoms with Crippen LogP contribution in [0.2, 0.25) is 0 Å². The summed E-state index contributed by atoms with van der Waals surface area (Å²) in [5.41, 5.74) is -0.383. The van der Waals surface area contributed by atoms with Gasteiger partial charge >= 0.3 is 12.0 Å². The zero-order valence-electron chi connectivity index (χ0n) is 11.8. The van der Waals surface area contributed by atoms with Crippen LogP contribution < -0.4 is 5.32 Å². The molecule has 0 aliphatic heterocycles. The van der Waals surface area contributed by atoms with Crippen molar-refractivity contribution in [3.63, 3.8) is 0 Å². The molecule has 2 amide bonds. The Morgan fingerprint density at radius 1 is 1.30 bits per heavy atom. The Hall–Kier alpha value is -2.11. The second kappa shape index (κ2) is 6.36. The topological polar surface area (TPSA) is 69.6 Å². The number of nitrogens with one attached hydrogen (secondary N) is 1. The maximum absolute atomic E-state index is 12.7. The number of hydrogen-bond donors (Lipinski definition) is 2. The van der Waals surface area contributed by atoms with E-state index in [0.717, 1.165) is 10.5 Å². The number of carbonyl (C=O) groups is 2. The van der Waals surface area contributed by atoms with Gasteiger partial charge in [0.1, 0.15) is 11.4 Å². The number of aliphatic carboxylic acids is 1. The van der Waals surface area contributed by atoms with E-state index in [1.807, 2.05) is 0 Å². The third-order valence-corrected chi connectivity index (χ3v) is 3.27. The predicted octanol–water partition coefficient (Wildman–Crippen LogP) is 1.87. The molecule has 0 atom stereocenters. The Balaban J connectivity index is 2.47. The molecule has 0 radical (unpaired) electrons. The summed E-state index contributed by atoms with van der Waals surface area (Å²) in [6.45, 7) is 3.26. The third kappa shape index (κ3) is 3.94. The zero-order valence-corrected chi connectivity index (χ0v) is 11.8. The largest absolute Gasteiger partial charge is 0.480 e. The van der Waals surface area contributed by atoms with Gasteiger partial charge in [0.05, 0.1) is 0 Å². The molecule has 20 heavy (non-hydrogen) atoms. The van der Waals surface area contributed by atoms with Crippen LogP contribution in [-0.4, -0.2) is 41.1 Å². The number of hydrogen-bond acceptors (Lipinski definition) is 2. The highest BCUT2D eigenvalue weighted by Crippen LogP contribution is 2.12. The van der Waals surface area contributed by atoms with Crippen LogP contribution in [0.4, 0.5) is 9.18 Å². The van der Waals surface area contributed by atoms with Gasteiger partial charge in [-0.3, -0.25) is 0 Å². The number of halogens is 1. The summed E-state index contributed by atoms with van der Waals surface area (Å²) >= 11 is 0. The van der Waals surface area contributed by atoms with E-state index in [2.05, 4.69) is 5.32 Å². The molecule has 0 saturated heterocycles. The highest BCUT2D eigenvalue weighted by Gasteiger charge is 2.34. The molecular weight excluding hydrogens is 263 g/mol. The highest BCUT2D eigenvalue weighted by atomic mass is 19.1. The molecular formula is C14H19FN2O3. The molecule has 0 aliphatic rings. The number of nitrogens with zero attached hydrogens (tertiary/aromatic N) is 1. The van der Waals surface area contributed by atoms with Gasteiger partial charge in [0.15, 0.2) is 0 Å². The molecule has 0 bridgehead atoms. The quantitative estimate of drug-likeness (QED) is 0.866. The molecule has 1 aromatic carbocycles. The van der Waals surface area contributed by atoms with Gasteiger partial charge in [-0.15, -0.1) is 0 Å². The normalized spacial score (nSPS) is 11.0. The average Bonchev–Trinajstić information content (AvgIpc) is 2.39.